The minimum Gasteiger partial charge on any atom is -0.305 e. The van der Waals surface area contributed by atoms with Gasteiger partial charge in [-0.15, -0.1) is 0 Å². The Labute approximate surface area is 133 Å². The predicted octanol–water partition coefficient (Wildman–Crippen LogP) is 2.80. The first-order chi connectivity index (χ1) is 10.6. The van der Waals surface area contributed by atoms with Crippen molar-refractivity contribution in [2.24, 2.45) is 0 Å². The molecule has 0 bridgehead atoms. The van der Waals surface area contributed by atoms with Crippen LogP contribution in [0.3, 0.4) is 0 Å². The summed E-state index contributed by atoms with van der Waals surface area (Å²) < 4.78 is 40.1. The van der Waals surface area contributed by atoms with Crippen molar-refractivity contribution in [3.8, 4) is 0 Å². The summed E-state index contributed by atoms with van der Waals surface area (Å²) in [6.07, 6.45) is -4.46. The van der Waals surface area contributed by atoms with Crippen LogP contribution in [0.15, 0.2) is 12.1 Å². The molecule has 5 nitrogen and oxygen atoms in total. The molecular weight excluding hydrogens is 307 g/mol. The van der Waals surface area contributed by atoms with Crippen LogP contribution in [0.1, 0.15) is 35.5 Å². The van der Waals surface area contributed by atoms with Gasteiger partial charge in [0.05, 0.1) is 18.8 Å². The number of hydrogen-bond acceptors (Lipinski definition) is 4. The zero-order valence-electron chi connectivity index (χ0n) is 13.6. The number of aromatic nitrogens is 4. The summed E-state index contributed by atoms with van der Waals surface area (Å²) in [5.41, 5.74) is 1.37. The third-order valence-electron chi connectivity index (χ3n) is 3.35. The van der Waals surface area contributed by atoms with E-state index in [1.54, 1.807) is 0 Å². The van der Waals surface area contributed by atoms with Gasteiger partial charge in [-0.25, -0.2) is 9.97 Å². The summed E-state index contributed by atoms with van der Waals surface area (Å²) in [6, 6.07) is 2.95. The van der Waals surface area contributed by atoms with Crippen LogP contribution in [0.2, 0.25) is 0 Å². The minimum atomic E-state index is -4.46. The largest absolute Gasteiger partial charge is 0.433 e. The highest BCUT2D eigenvalue weighted by molar-refractivity contribution is 5.13. The van der Waals surface area contributed by atoms with Gasteiger partial charge in [-0.3, -0.25) is 4.68 Å². The van der Waals surface area contributed by atoms with Gasteiger partial charge in [0, 0.05) is 17.4 Å². The summed E-state index contributed by atoms with van der Waals surface area (Å²) in [5.74, 6) is 0.137. The average molecular weight is 327 g/mol. The molecule has 23 heavy (non-hydrogen) atoms. The summed E-state index contributed by atoms with van der Waals surface area (Å²) in [4.78, 5) is 7.64. The van der Waals surface area contributed by atoms with Gasteiger partial charge in [-0.1, -0.05) is 0 Å². The van der Waals surface area contributed by atoms with Crippen molar-refractivity contribution in [2.45, 2.75) is 53.0 Å². The third-order valence-corrected chi connectivity index (χ3v) is 3.35. The standard InChI is InChI=1S/C15H20F3N5/c1-9-6-13(15(16,17)18)21-14(20-9)7-19-11(3)8-23-12(4)5-10(2)22-23/h5-6,11,19H,7-8H2,1-4H3. The smallest absolute Gasteiger partial charge is 0.305 e. The first kappa shape index (κ1) is 17.4. The van der Waals surface area contributed by atoms with E-state index in [4.69, 9.17) is 0 Å². The second-order valence-electron chi connectivity index (χ2n) is 5.70. The molecule has 0 aliphatic rings. The maximum absolute atomic E-state index is 12.8. The Morgan fingerprint density at radius 1 is 1.13 bits per heavy atom. The van der Waals surface area contributed by atoms with Gasteiger partial charge in [0.15, 0.2) is 0 Å². The molecule has 1 unspecified atom stereocenters. The molecule has 0 saturated carbocycles. The number of aryl methyl sites for hydroxylation is 3. The van der Waals surface area contributed by atoms with Crippen molar-refractivity contribution in [3.63, 3.8) is 0 Å². The molecule has 2 aromatic heterocycles. The number of alkyl halides is 3. The molecule has 0 aliphatic heterocycles. The molecule has 0 amide bonds. The first-order valence-corrected chi connectivity index (χ1v) is 7.31. The highest BCUT2D eigenvalue weighted by Gasteiger charge is 2.33. The van der Waals surface area contributed by atoms with E-state index >= 15 is 0 Å². The molecule has 1 N–H and O–H groups in total. The molecule has 126 valence electrons. The van der Waals surface area contributed by atoms with E-state index in [1.165, 1.54) is 6.92 Å². The number of nitrogens with zero attached hydrogens (tertiary/aromatic N) is 4. The van der Waals surface area contributed by atoms with Crippen LogP contribution >= 0.6 is 0 Å². The molecule has 0 radical (unpaired) electrons. The Morgan fingerprint density at radius 2 is 1.83 bits per heavy atom. The van der Waals surface area contributed by atoms with Gasteiger partial charge in [-0.05, 0) is 39.8 Å². The zero-order chi connectivity index (χ0) is 17.2. The van der Waals surface area contributed by atoms with Crippen molar-refractivity contribution in [2.75, 3.05) is 0 Å². The molecule has 2 rings (SSSR count). The van der Waals surface area contributed by atoms with Crippen LogP contribution in [0.4, 0.5) is 13.2 Å². The topological polar surface area (TPSA) is 55.6 Å². The maximum atomic E-state index is 12.8. The van der Waals surface area contributed by atoms with Gasteiger partial charge in [0.25, 0.3) is 0 Å². The molecular formula is C15H20F3N5. The molecule has 2 aromatic rings. The van der Waals surface area contributed by atoms with E-state index in [9.17, 15) is 13.2 Å². The van der Waals surface area contributed by atoms with E-state index in [0.717, 1.165) is 17.5 Å². The number of nitrogens with one attached hydrogen (secondary N) is 1. The van der Waals surface area contributed by atoms with Crippen LogP contribution in [-0.2, 0) is 19.3 Å². The van der Waals surface area contributed by atoms with E-state index in [2.05, 4.69) is 20.4 Å². The van der Waals surface area contributed by atoms with E-state index in [-0.39, 0.29) is 18.4 Å². The number of rotatable bonds is 5. The molecule has 1 atom stereocenters. The fourth-order valence-electron chi connectivity index (χ4n) is 2.30. The lowest BCUT2D eigenvalue weighted by Gasteiger charge is -2.15. The van der Waals surface area contributed by atoms with E-state index in [0.29, 0.717) is 12.2 Å². The summed E-state index contributed by atoms with van der Waals surface area (Å²) >= 11 is 0. The van der Waals surface area contributed by atoms with Gasteiger partial charge >= 0.3 is 6.18 Å². The molecule has 0 spiro atoms. The van der Waals surface area contributed by atoms with Crippen LogP contribution in [0.25, 0.3) is 0 Å². The fraction of sp³-hybridized carbons (Fsp3) is 0.533. The van der Waals surface area contributed by atoms with E-state index in [1.807, 2.05) is 31.5 Å². The van der Waals surface area contributed by atoms with E-state index < -0.39 is 11.9 Å². The Balaban J connectivity index is 2.00. The molecule has 0 aromatic carbocycles. The Morgan fingerprint density at radius 3 is 2.39 bits per heavy atom. The van der Waals surface area contributed by atoms with Crippen LogP contribution in [-0.4, -0.2) is 25.8 Å². The van der Waals surface area contributed by atoms with Gasteiger partial charge in [0.1, 0.15) is 11.5 Å². The quantitative estimate of drug-likeness (QED) is 0.917. The van der Waals surface area contributed by atoms with Crippen molar-refractivity contribution in [1.29, 1.82) is 0 Å². The van der Waals surface area contributed by atoms with Crippen molar-refractivity contribution >= 4 is 0 Å². The number of hydrogen-bond donors (Lipinski definition) is 1. The minimum absolute atomic E-state index is 0.0199. The highest BCUT2D eigenvalue weighted by atomic mass is 19.4. The lowest BCUT2D eigenvalue weighted by atomic mass is 10.3. The van der Waals surface area contributed by atoms with Crippen LogP contribution < -0.4 is 5.32 Å². The summed E-state index contributed by atoms with van der Waals surface area (Å²) in [6.45, 7) is 8.15. The molecule has 2 heterocycles. The second-order valence-corrected chi connectivity index (χ2v) is 5.70. The fourth-order valence-corrected chi connectivity index (χ4v) is 2.30. The van der Waals surface area contributed by atoms with Crippen molar-refractivity contribution in [3.05, 3.63) is 40.7 Å². The van der Waals surface area contributed by atoms with Crippen molar-refractivity contribution in [1.82, 2.24) is 25.1 Å². The van der Waals surface area contributed by atoms with Crippen molar-refractivity contribution < 1.29 is 13.2 Å². The maximum Gasteiger partial charge on any atom is 0.433 e. The van der Waals surface area contributed by atoms with Gasteiger partial charge < -0.3 is 5.32 Å². The van der Waals surface area contributed by atoms with Crippen LogP contribution in [0, 0.1) is 20.8 Å². The summed E-state index contributed by atoms with van der Waals surface area (Å²) in [5, 5.41) is 7.50. The lowest BCUT2D eigenvalue weighted by molar-refractivity contribution is -0.141. The van der Waals surface area contributed by atoms with Gasteiger partial charge in [0.2, 0.25) is 0 Å². The monoisotopic (exact) mass is 327 g/mol. The highest BCUT2D eigenvalue weighted by Crippen LogP contribution is 2.27. The Bertz CT molecular complexity index is 678. The van der Waals surface area contributed by atoms with Crippen LogP contribution in [0.5, 0.6) is 0 Å². The van der Waals surface area contributed by atoms with Gasteiger partial charge in [-0.2, -0.15) is 18.3 Å². The SMILES string of the molecule is Cc1cc(C(F)(F)F)nc(CNC(C)Cn2nc(C)cc2C)n1. The Kier molecular flexibility index (Phi) is 5.03. The first-order valence-electron chi connectivity index (χ1n) is 7.31. The lowest BCUT2D eigenvalue weighted by Crippen LogP contribution is -2.31. The second kappa shape index (κ2) is 6.66. The molecule has 0 aliphatic carbocycles. The zero-order valence-corrected chi connectivity index (χ0v) is 13.6. The third kappa shape index (κ3) is 4.75. The molecule has 0 saturated heterocycles. The average Bonchev–Trinajstić information content (AvgIpc) is 2.73. The molecule has 8 heteroatoms. The molecule has 0 fully saturated rings. The predicted molar refractivity (Wildman–Crippen MR) is 79.8 cm³/mol. The summed E-state index contributed by atoms with van der Waals surface area (Å²) in [7, 11) is 0. The number of halogens is 3. The normalized spacial score (nSPS) is 13.3. The Hall–Kier alpha value is -1.96.